The monoisotopic (exact) mass is 265 g/mol. The normalized spacial score (nSPS) is 10.7. The van der Waals surface area contributed by atoms with Gasteiger partial charge in [0, 0.05) is 17.7 Å². The van der Waals surface area contributed by atoms with Crippen LogP contribution in [0.2, 0.25) is 0 Å². The van der Waals surface area contributed by atoms with Crippen LogP contribution < -0.4 is 5.73 Å². The molecule has 4 N–H and O–H groups in total. The quantitative estimate of drug-likeness (QED) is 0.719. The Morgan fingerprint density at radius 1 is 1.11 bits per heavy atom. The van der Waals surface area contributed by atoms with E-state index in [1.54, 1.807) is 0 Å². The van der Waals surface area contributed by atoms with Gasteiger partial charge in [0.25, 0.3) is 0 Å². The van der Waals surface area contributed by atoms with Crippen LogP contribution in [0.25, 0.3) is 0 Å². The molecule has 19 heavy (non-hydrogen) atoms. The molecule has 0 unspecified atom stereocenters. The van der Waals surface area contributed by atoms with Crippen LogP contribution in [-0.4, -0.2) is 27.7 Å². The second-order valence-corrected chi connectivity index (χ2v) is 4.66. The smallest absolute Gasteiger partial charge is 0.328 e. The van der Waals surface area contributed by atoms with Crippen LogP contribution in [0.15, 0.2) is 42.5 Å². The zero-order valence-electron chi connectivity index (χ0n) is 11.0. The summed E-state index contributed by atoms with van der Waals surface area (Å²) in [6.45, 7) is 4.08. The van der Waals surface area contributed by atoms with Crippen molar-refractivity contribution in [3.63, 3.8) is 0 Å². The molecule has 0 radical (unpaired) electrons. The van der Waals surface area contributed by atoms with E-state index in [1.165, 1.54) is 5.56 Å². The third-order valence-electron chi connectivity index (χ3n) is 1.87. The molecule has 0 bridgehead atoms. The molecule has 0 spiro atoms. The summed E-state index contributed by atoms with van der Waals surface area (Å²) in [5.41, 5.74) is 7.08. The first-order valence-corrected chi connectivity index (χ1v) is 5.67. The molecule has 0 saturated heterocycles. The summed E-state index contributed by atoms with van der Waals surface area (Å²) < 4.78 is 0. The van der Waals surface area contributed by atoms with Gasteiger partial charge >= 0.3 is 11.9 Å². The predicted molar refractivity (Wildman–Crippen MR) is 72.8 cm³/mol. The van der Waals surface area contributed by atoms with Crippen LogP contribution in [0.3, 0.4) is 0 Å². The third kappa shape index (κ3) is 12.1. The zero-order valence-corrected chi connectivity index (χ0v) is 11.0. The standard InChI is InChI=1S/C10H15N.C4H4O4/c1-10(2,11)8-9-6-4-3-5-7-9;5-3(6)1-2-4(7)8/h3-7H,8,11H2,1-2H3;1-2H,(H,5,6)(H,7,8)/b;2-1-. The zero-order chi connectivity index (χ0) is 14.9. The van der Waals surface area contributed by atoms with Gasteiger partial charge in [-0.25, -0.2) is 9.59 Å². The molecule has 5 nitrogen and oxygen atoms in total. The fourth-order valence-corrected chi connectivity index (χ4v) is 1.26. The van der Waals surface area contributed by atoms with Crippen molar-refractivity contribution in [1.82, 2.24) is 0 Å². The Kier molecular flexibility index (Phi) is 7.14. The van der Waals surface area contributed by atoms with Crippen molar-refractivity contribution in [2.75, 3.05) is 0 Å². The molecule has 0 fully saturated rings. The molecular formula is C14H19NO4. The van der Waals surface area contributed by atoms with Crippen molar-refractivity contribution < 1.29 is 19.8 Å². The number of carboxylic acid groups (broad SMARTS) is 2. The average molecular weight is 265 g/mol. The van der Waals surface area contributed by atoms with Gasteiger partial charge in [0.15, 0.2) is 0 Å². The maximum atomic E-state index is 9.55. The summed E-state index contributed by atoms with van der Waals surface area (Å²) >= 11 is 0. The van der Waals surface area contributed by atoms with Gasteiger partial charge < -0.3 is 15.9 Å². The Balaban J connectivity index is 0.000000362. The molecule has 5 heteroatoms. The fraction of sp³-hybridized carbons (Fsp3) is 0.286. The highest BCUT2D eigenvalue weighted by molar-refractivity contribution is 5.89. The number of rotatable bonds is 4. The molecule has 0 heterocycles. The summed E-state index contributed by atoms with van der Waals surface area (Å²) in [4.78, 5) is 19.1. The van der Waals surface area contributed by atoms with Crippen molar-refractivity contribution in [1.29, 1.82) is 0 Å². The highest BCUT2D eigenvalue weighted by Gasteiger charge is 2.10. The van der Waals surface area contributed by atoms with Crippen LogP contribution in [0.4, 0.5) is 0 Å². The number of hydrogen-bond acceptors (Lipinski definition) is 3. The van der Waals surface area contributed by atoms with Crippen molar-refractivity contribution in [3.05, 3.63) is 48.0 Å². The fourth-order valence-electron chi connectivity index (χ4n) is 1.26. The van der Waals surface area contributed by atoms with Crippen molar-refractivity contribution >= 4 is 11.9 Å². The van der Waals surface area contributed by atoms with E-state index in [0.29, 0.717) is 12.2 Å². The maximum absolute atomic E-state index is 9.55. The van der Waals surface area contributed by atoms with Crippen molar-refractivity contribution in [3.8, 4) is 0 Å². The van der Waals surface area contributed by atoms with Crippen LogP contribution in [0, 0.1) is 0 Å². The first kappa shape index (κ1) is 16.9. The van der Waals surface area contributed by atoms with Gasteiger partial charge in [-0.05, 0) is 25.8 Å². The minimum Gasteiger partial charge on any atom is -0.478 e. The largest absolute Gasteiger partial charge is 0.478 e. The van der Waals surface area contributed by atoms with Gasteiger partial charge in [0.2, 0.25) is 0 Å². The van der Waals surface area contributed by atoms with E-state index in [4.69, 9.17) is 15.9 Å². The van der Waals surface area contributed by atoms with E-state index < -0.39 is 11.9 Å². The number of carbonyl (C=O) groups is 2. The van der Waals surface area contributed by atoms with E-state index >= 15 is 0 Å². The van der Waals surface area contributed by atoms with Crippen LogP contribution in [0.1, 0.15) is 19.4 Å². The first-order valence-electron chi connectivity index (χ1n) is 5.67. The molecule has 0 aliphatic rings. The number of carboxylic acids is 2. The molecule has 0 aliphatic carbocycles. The van der Waals surface area contributed by atoms with Crippen LogP contribution in [0.5, 0.6) is 0 Å². The Bertz CT molecular complexity index is 417. The van der Waals surface area contributed by atoms with E-state index in [-0.39, 0.29) is 5.54 Å². The number of nitrogens with two attached hydrogens (primary N) is 1. The lowest BCUT2D eigenvalue weighted by molar-refractivity contribution is -0.134. The predicted octanol–water partition coefficient (Wildman–Crippen LogP) is 1.68. The van der Waals surface area contributed by atoms with Crippen molar-refractivity contribution in [2.45, 2.75) is 25.8 Å². The summed E-state index contributed by atoms with van der Waals surface area (Å²) in [6, 6.07) is 10.3. The Labute approximate surface area is 112 Å². The second-order valence-electron chi connectivity index (χ2n) is 4.66. The van der Waals surface area contributed by atoms with Crippen LogP contribution in [-0.2, 0) is 16.0 Å². The molecule has 1 aromatic carbocycles. The lowest BCUT2D eigenvalue weighted by atomic mass is 9.96. The number of hydrogen-bond donors (Lipinski definition) is 3. The molecule has 1 aromatic rings. The Hall–Kier alpha value is -2.14. The van der Waals surface area contributed by atoms with Gasteiger partial charge in [-0.2, -0.15) is 0 Å². The number of benzene rings is 1. The van der Waals surface area contributed by atoms with Crippen molar-refractivity contribution in [2.24, 2.45) is 5.73 Å². The maximum Gasteiger partial charge on any atom is 0.328 e. The lowest BCUT2D eigenvalue weighted by Crippen LogP contribution is -2.34. The Morgan fingerprint density at radius 2 is 1.53 bits per heavy atom. The second kappa shape index (κ2) is 8.05. The van der Waals surface area contributed by atoms with E-state index in [0.717, 1.165) is 6.42 Å². The van der Waals surface area contributed by atoms with Gasteiger partial charge in [-0.15, -0.1) is 0 Å². The van der Waals surface area contributed by atoms with E-state index in [2.05, 4.69) is 12.1 Å². The Morgan fingerprint density at radius 3 is 1.84 bits per heavy atom. The number of aliphatic carboxylic acids is 2. The molecule has 0 aromatic heterocycles. The summed E-state index contributed by atoms with van der Waals surface area (Å²) in [6.07, 6.45) is 2.05. The van der Waals surface area contributed by atoms with E-state index in [9.17, 15) is 9.59 Å². The molecular weight excluding hydrogens is 246 g/mol. The average Bonchev–Trinajstić information content (AvgIpc) is 2.26. The minimum atomic E-state index is -1.26. The molecule has 0 aliphatic heterocycles. The van der Waals surface area contributed by atoms with Crippen LogP contribution >= 0.6 is 0 Å². The molecule has 0 atom stereocenters. The van der Waals surface area contributed by atoms with E-state index in [1.807, 2.05) is 32.0 Å². The summed E-state index contributed by atoms with van der Waals surface area (Å²) in [5.74, 6) is -2.51. The third-order valence-corrected chi connectivity index (χ3v) is 1.87. The first-order chi connectivity index (χ1) is 8.70. The van der Waals surface area contributed by atoms with Gasteiger partial charge in [-0.3, -0.25) is 0 Å². The SMILES string of the molecule is CC(C)(N)Cc1ccccc1.O=C(O)/C=C\C(=O)O. The topological polar surface area (TPSA) is 101 Å². The van der Waals surface area contributed by atoms with Gasteiger partial charge in [-0.1, -0.05) is 30.3 Å². The lowest BCUT2D eigenvalue weighted by Gasteiger charge is -2.17. The molecule has 104 valence electrons. The summed E-state index contributed by atoms with van der Waals surface area (Å²) in [7, 11) is 0. The minimum absolute atomic E-state index is 0.0959. The van der Waals surface area contributed by atoms with Gasteiger partial charge in [0.1, 0.15) is 0 Å². The highest BCUT2D eigenvalue weighted by atomic mass is 16.4. The molecule has 0 amide bonds. The molecule has 0 saturated carbocycles. The summed E-state index contributed by atoms with van der Waals surface area (Å²) in [5, 5.41) is 15.6. The van der Waals surface area contributed by atoms with Gasteiger partial charge in [0.05, 0.1) is 0 Å². The molecule has 1 rings (SSSR count). The highest BCUT2D eigenvalue weighted by Crippen LogP contribution is 2.08.